The van der Waals surface area contributed by atoms with E-state index in [1.165, 1.54) is 40.2 Å². The maximum Gasteiger partial charge on any atom is 0.336 e. The number of thiophene rings is 1. The van der Waals surface area contributed by atoms with E-state index in [2.05, 4.69) is 4.98 Å². The lowest BCUT2D eigenvalue weighted by Gasteiger charge is -2.11. The SMILES string of the molecule is COc1cc(-c2sc3c(c2C)c(=O)n(-c2ccc(F)cc2)c(=O)n3CCN)ccc1-n1cnc(C)c1. The first-order chi connectivity index (χ1) is 17.3. The van der Waals surface area contributed by atoms with E-state index in [1.807, 2.05) is 42.8 Å². The van der Waals surface area contributed by atoms with Gasteiger partial charge in [-0.2, -0.15) is 0 Å². The van der Waals surface area contributed by atoms with E-state index in [4.69, 9.17) is 10.5 Å². The third-order valence-corrected chi connectivity index (χ3v) is 7.45. The predicted octanol–water partition coefficient (Wildman–Crippen LogP) is 3.79. The lowest BCUT2D eigenvalue weighted by molar-refractivity contribution is 0.413. The summed E-state index contributed by atoms with van der Waals surface area (Å²) in [7, 11) is 1.60. The number of hydrogen-bond donors (Lipinski definition) is 1. The number of ether oxygens (including phenoxy) is 1. The van der Waals surface area contributed by atoms with Gasteiger partial charge in [0.1, 0.15) is 16.4 Å². The molecular weight excluding hydrogens is 481 g/mol. The summed E-state index contributed by atoms with van der Waals surface area (Å²) in [5.41, 5.74) is 8.47. The minimum absolute atomic E-state index is 0.218. The molecule has 8 nitrogen and oxygen atoms in total. The van der Waals surface area contributed by atoms with Gasteiger partial charge in [-0.05, 0) is 61.4 Å². The molecule has 3 heterocycles. The molecule has 0 aliphatic heterocycles. The fraction of sp³-hybridized carbons (Fsp3) is 0.192. The van der Waals surface area contributed by atoms with Gasteiger partial charge in [0.2, 0.25) is 0 Å². The maximum absolute atomic E-state index is 13.6. The molecule has 0 radical (unpaired) electrons. The van der Waals surface area contributed by atoms with E-state index in [-0.39, 0.29) is 13.1 Å². The molecule has 0 saturated carbocycles. The number of benzene rings is 2. The van der Waals surface area contributed by atoms with Crippen LogP contribution in [-0.2, 0) is 6.54 Å². The van der Waals surface area contributed by atoms with Gasteiger partial charge in [0.05, 0.1) is 35.9 Å². The Morgan fingerprint density at radius 3 is 2.50 bits per heavy atom. The Kier molecular flexibility index (Phi) is 6.07. The molecule has 10 heteroatoms. The Morgan fingerprint density at radius 2 is 1.86 bits per heavy atom. The van der Waals surface area contributed by atoms with Crippen molar-refractivity contribution in [3.63, 3.8) is 0 Å². The third kappa shape index (κ3) is 3.84. The molecule has 2 N–H and O–H groups in total. The van der Waals surface area contributed by atoms with Crippen molar-refractivity contribution in [3.05, 3.63) is 92.9 Å². The zero-order valence-electron chi connectivity index (χ0n) is 20.0. The highest BCUT2D eigenvalue weighted by Crippen LogP contribution is 2.39. The van der Waals surface area contributed by atoms with Gasteiger partial charge in [0, 0.05) is 24.2 Å². The van der Waals surface area contributed by atoms with Gasteiger partial charge >= 0.3 is 5.69 Å². The van der Waals surface area contributed by atoms with Crippen LogP contribution in [0.3, 0.4) is 0 Å². The first-order valence-corrected chi connectivity index (χ1v) is 12.1. The topological polar surface area (TPSA) is 97.1 Å². The van der Waals surface area contributed by atoms with Gasteiger partial charge in [-0.25, -0.2) is 18.7 Å². The highest BCUT2D eigenvalue weighted by atomic mass is 32.1. The number of halogens is 1. The highest BCUT2D eigenvalue weighted by molar-refractivity contribution is 7.22. The van der Waals surface area contributed by atoms with E-state index in [9.17, 15) is 14.0 Å². The normalized spacial score (nSPS) is 11.4. The fourth-order valence-corrected chi connectivity index (χ4v) is 5.67. The molecule has 0 aliphatic rings. The maximum atomic E-state index is 13.6. The lowest BCUT2D eigenvalue weighted by Crippen LogP contribution is -2.39. The van der Waals surface area contributed by atoms with Gasteiger partial charge < -0.3 is 15.0 Å². The molecule has 0 unspecified atom stereocenters. The van der Waals surface area contributed by atoms with E-state index in [1.54, 1.807) is 13.4 Å². The van der Waals surface area contributed by atoms with Crippen LogP contribution in [0.15, 0.2) is 64.6 Å². The number of hydrogen-bond acceptors (Lipinski definition) is 6. The average molecular weight is 506 g/mol. The summed E-state index contributed by atoms with van der Waals surface area (Å²) in [5.74, 6) is 0.192. The smallest absolute Gasteiger partial charge is 0.336 e. The summed E-state index contributed by atoms with van der Waals surface area (Å²) in [6.45, 7) is 4.23. The average Bonchev–Trinajstić information content (AvgIpc) is 3.45. The summed E-state index contributed by atoms with van der Waals surface area (Å²) in [5, 5.41) is 0.431. The standard InChI is InChI=1S/C26H24FN5O3S/c1-15-13-30(14-29-15)20-9-4-17(12-21(20)35-3)23-16(2)22-24(33)32(19-7-5-18(27)6-8-19)26(34)31(11-10-28)25(22)36-23/h4-9,12-14H,10-11,28H2,1-3H3. The van der Waals surface area contributed by atoms with Crippen molar-refractivity contribution < 1.29 is 9.13 Å². The van der Waals surface area contributed by atoms with Crippen LogP contribution in [0.5, 0.6) is 5.75 Å². The summed E-state index contributed by atoms with van der Waals surface area (Å²) in [6, 6.07) is 11.1. The summed E-state index contributed by atoms with van der Waals surface area (Å²) < 4.78 is 23.7. The Balaban J connectivity index is 1.75. The van der Waals surface area contributed by atoms with Gasteiger partial charge in [0.25, 0.3) is 5.56 Å². The van der Waals surface area contributed by atoms with Crippen molar-refractivity contribution in [2.75, 3.05) is 13.7 Å². The quantitative estimate of drug-likeness (QED) is 0.379. The molecular formula is C26H24FN5O3S. The summed E-state index contributed by atoms with van der Waals surface area (Å²) in [4.78, 5) is 32.7. The van der Waals surface area contributed by atoms with Crippen LogP contribution in [0.2, 0.25) is 0 Å². The monoisotopic (exact) mass is 505 g/mol. The van der Waals surface area contributed by atoms with Gasteiger partial charge in [-0.3, -0.25) is 9.36 Å². The van der Waals surface area contributed by atoms with Crippen LogP contribution in [0.25, 0.3) is 32.0 Å². The zero-order valence-corrected chi connectivity index (χ0v) is 20.8. The highest BCUT2D eigenvalue weighted by Gasteiger charge is 2.22. The van der Waals surface area contributed by atoms with Gasteiger partial charge in [-0.1, -0.05) is 6.07 Å². The number of rotatable bonds is 6. The molecule has 0 saturated heterocycles. The third-order valence-electron chi connectivity index (χ3n) is 6.08. The fourth-order valence-electron chi connectivity index (χ4n) is 4.35. The summed E-state index contributed by atoms with van der Waals surface area (Å²) in [6.07, 6.45) is 3.63. The van der Waals surface area contributed by atoms with Crippen LogP contribution < -0.4 is 21.7 Å². The zero-order chi connectivity index (χ0) is 25.6. The van der Waals surface area contributed by atoms with Gasteiger partial charge in [0.15, 0.2) is 0 Å². The minimum atomic E-state index is -0.513. The van der Waals surface area contributed by atoms with Crippen molar-refractivity contribution >= 4 is 21.6 Å². The Hall–Kier alpha value is -4.02. The molecule has 2 aromatic carbocycles. The molecule has 0 bridgehead atoms. The number of aromatic nitrogens is 4. The number of imidazole rings is 1. The molecule has 36 heavy (non-hydrogen) atoms. The van der Waals surface area contributed by atoms with E-state index >= 15 is 0 Å². The van der Waals surface area contributed by atoms with Crippen molar-refractivity contribution in [2.45, 2.75) is 20.4 Å². The Morgan fingerprint density at radius 1 is 1.11 bits per heavy atom. The molecule has 0 amide bonds. The second-order valence-electron chi connectivity index (χ2n) is 8.39. The first kappa shape index (κ1) is 23.7. The predicted molar refractivity (Wildman–Crippen MR) is 139 cm³/mol. The molecule has 3 aromatic heterocycles. The first-order valence-electron chi connectivity index (χ1n) is 11.3. The second-order valence-corrected chi connectivity index (χ2v) is 9.38. The number of nitrogens with zero attached hydrogens (tertiary/aromatic N) is 4. The van der Waals surface area contributed by atoms with Crippen molar-refractivity contribution in [1.29, 1.82) is 0 Å². The molecule has 0 spiro atoms. The molecule has 184 valence electrons. The van der Waals surface area contributed by atoms with Crippen LogP contribution in [0, 0.1) is 19.7 Å². The Bertz CT molecular complexity index is 1710. The number of fused-ring (bicyclic) bond motifs is 1. The molecule has 0 aliphatic carbocycles. The van der Waals surface area contributed by atoms with Crippen LogP contribution in [-0.4, -0.2) is 32.3 Å². The Labute approximate surface area is 209 Å². The van der Waals surface area contributed by atoms with Crippen molar-refractivity contribution in [3.8, 4) is 27.6 Å². The number of aryl methyl sites for hydroxylation is 2. The van der Waals surface area contributed by atoms with Crippen molar-refractivity contribution in [2.24, 2.45) is 5.73 Å². The van der Waals surface area contributed by atoms with Crippen molar-refractivity contribution in [1.82, 2.24) is 18.7 Å². The molecule has 0 atom stereocenters. The summed E-state index contributed by atoms with van der Waals surface area (Å²) >= 11 is 1.36. The lowest BCUT2D eigenvalue weighted by atomic mass is 10.1. The van der Waals surface area contributed by atoms with E-state index < -0.39 is 17.1 Å². The number of nitrogens with two attached hydrogens (primary N) is 1. The molecule has 0 fully saturated rings. The van der Waals surface area contributed by atoms with Gasteiger partial charge in [-0.15, -0.1) is 11.3 Å². The largest absolute Gasteiger partial charge is 0.495 e. The van der Waals surface area contributed by atoms with E-state index in [0.29, 0.717) is 21.7 Å². The minimum Gasteiger partial charge on any atom is -0.495 e. The number of methoxy groups -OCH3 is 1. The molecule has 5 rings (SSSR count). The van der Waals surface area contributed by atoms with E-state index in [0.717, 1.165) is 32.0 Å². The second kappa shape index (κ2) is 9.21. The van der Waals surface area contributed by atoms with Crippen LogP contribution in [0.4, 0.5) is 4.39 Å². The van der Waals surface area contributed by atoms with Crippen LogP contribution >= 0.6 is 11.3 Å². The van der Waals surface area contributed by atoms with Crippen LogP contribution in [0.1, 0.15) is 11.3 Å². The molecule has 5 aromatic rings.